The van der Waals surface area contributed by atoms with Gasteiger partial charge in [-0.05, 0) is 63.7 Å². The van der Waals surface area contributed by atoms with Crippen molar-refractivity contribution in [3.8, 4) is 0 Å². The largest absolute Gasteiger partial charge is 0.351 e. The zero-order valence-corrected chi connectivity index (χ0v) is 17.4. The molecule has 1 aliphatic rings. The third kappa shape index (κ3) is 5.19. The Morgan fingerprint density at radius 3 is 2.50 bits per heavy atom. The van der Waals surface area contributed by atoms with Gasteiger partial charge >= 0.3 is 0 Å². The Kier molecular flexibility index (Phi) is 7.20. The summed E-state index contributed by atoms with van der Waals surface area (Å²) >= 11 is 0. The van der Waals surface area contributed by atoms with Gasteiger partial charge in [0.15, 0.2) is 5.69 Å². The molecule has 6 nitrogen and oxygen atoms in total. The average molecular weight is 384 g/mol. The molecule has 0 spiro atoms. The molecule has 1 saturated heterocycles. The smallest absolute Gasteiger partial charge is 0.273 e. The van der Waals surface area contributed by atoms with Gasteiger partial charge in [0.2, 0.25) is 0 Å². The van der Waals surface area contributed by atoms with Crippen molar-refractivity contribution in [1.82, 2.24) is 25.2 Å². The van der Waals surface area contributed by atoms with Crippen LogP contribution < -0.4 is 5.32 Å². The first kappa shape index (κ1) is 20.5. The molecule has 0 aliphatic carbocycles. The second-order valence-electron chi connectivity index (χ2n) is 7.84. The van der Waals surface area contributed by atoms with Crippen LogP contribution in [-0.4, -0.2) is 51.5 Å². The van der Waals surface area contributed by atoms with E-state index in [1.165, 1.54) is 37.9 Å². The summed E-state index contributed by atoms with van der Waals surface area (Å²) in [5, 5.41) is 11.3. The Labute approximate surface area is 168 Å². The summed E-state index contributed by atoms with van der Waals surface area (Å²) in [6.45, 7) is 9.97. The van der Waals surface area contributed by atoms with Crippen LogP contribution in [0, 0.1) is 6.92 Å². The normalized spacial score (nSPS) is 16.1. The Morgan fingerprint density at radius 2 is 1.82 bits per heavy atom. The predicted molar refractivity (Wildman–Crippen MR) is 112 cm³/mol. The molecule has 1 aromatic carbocycles. The summed E-state index contributed by atoms with van der Waals surface area (Å²) in [6, 6.07) is 9.00. The van der Waals surface area contributed by atoms with E-state index in [4.69, 9.17) is 0 Å². The van der Waals surface area contributed by atoms with Gasteiger partial charge < -0.3 is 10.2 Å². The van der Waals surface area contributed by atoms with Gasteiger partial charge in [0.05, 0.1) is 12.2 Å². The number of nitrogens with zero attached hydrogens (tertiary/aromatic N) is 4. The molecule has 0 saturated carbocycles. The van der Waals surface area contributed by atoms with Crippen molar-refractivity contribution in [2.24, 2.45) is 0 Å². The van der Waals surface area contributed by atoms with Crippen LogP contribution in [0.5, 0.6) is 0 Å². The van der Waals surface area contributed by atoms with Crippen molar-refractivity contribution < 1.29 is 4.79 Å². The van der Waals surface area contributed by atoms with Crippen LogP contribution in [-0.2, 0) is 13.0 Å². The molecule has 2 heterocycles. The van der Waals surface area contributed by atoms with Gasteiger partial charge in [-0.25, -0.2) is 4.68 Å². The molecule has 6 heteroatoms. The molecule has 152 valence electrons. The lowest BCUT2D eigenvalue weighted by Gasteiger charge is -2.32. The Balaban J connectivity index is 1.51. The van der Waals surface area contributed by atoms with Crippen molar-refractivity contribution in [3.05, 3.63) is 46.8 Å². The number of aryl methyl sites for hydroxylation is 1. The summed E-state index contributed by atoms with van der Waals surface area (Å²) in [7, 11) is 0. The Hall–Kier alpha value is -2.21. The Morgan fingerprint density at radius 1 is 1.14 bits per heavy atom. The van der Waals surface area contributed by atoms with E-state index in [1.54, 1.807) is 4.68 Å². The second kappa shape index (κ2) is 9.82. The van der Waals surface area contributed by atoms with E-state index >= 15 is 0 Å². The molecule has 3 rings (SSSR count). The maximum Gasteiger partial charge on any atom is 0.273 e. The molecule has 1 unspecified atom stereocenters. The minimum atomic E-state index is -0.129. The van der Waals surface area contributed by atoms with Crippen LogP contribution in [0.4, 0.5) is 0 Å². The van der Waals surface area contributed by atoms with E-state index < -0.39 is 0 Å². The van der Waals surface area contributed by atoms with Gasteiger partial charge in [-0.2, -0.15) is 0 Å². The van der Waals surface area contributed by atoms with Crippen LogP contribution in [0.1, 0.15) is 66.8 Å². The van der Waals surface area contributed by atoms with Crippen molar-refractivity contribution in [2.75, 3.05) is 19.6 Å². The Bertz CT molecular complexity index is 762. The molecular formula is C22H33N5O. The van der Waals surface area contributed by atoms with Gasteiger partial charge in [0, 0.05) is 12.6 Å². The van der Waals surface area contributed by atoms with Gasteiger partial charge in [-0.15, -0.1) is 5.10 Å². The number of piperidine rings is 1. The first-order valence-corrected chi connectivity index (χ1v) is 10.6. The summed E-state index contributed by atoms with van der Waals surface area (Å²) < 4.78 is 1.80. The van der Waals surface area contributed by atoms with E-state index in [-0.39, 0.29) is 5.91 Å². The lowest BCUT2D eigenvalue weighted by Crippen LogP contribution is -2.39. The minimum absolute atomic E-state index is 0.129. The number of carbonyl (C=O) groups excluding carboxylic acids is 1. The molecule has 1 aromatic heterocycles. The molecule has 28 heavy (non-hydrogen) atoms. The third-order valence-electron chi connectivity index (χ3n) is 5.82. The molecule has 1 N–H and O–H groups in total. The molecule has 1 fully saturated rings. The number of carbonyl (C=O) groups is 1. The summed E-state index contributed by atoms with van der Waals surface area (Å²) in [6.07, 6.45) is 5.92. The highest BCUT2D eigenvalue weighted by molar-refractivity contribution is 5.93. The fourth-order valence-corrected chi connectivity index (χ4v) is 3.79. The zero-order valence-electron chi connectivity index (χ0n) is 17.4. The predicted octanol–water partition coefficient (Wildman–Crippen LogP) is 3.19. The van der Waals surface area contributed by atoms with Gasteiger partial charge in [-0.3, -0.25) is 4.79 Å². The molecule has 1 aliphatic heterocycles. The topological polar surface area (TPSA) is 63.1 Å². The maximum absolute atomic E-state index is 12.5. The van der Waals surface area contributed by atoms with Gasteiger partial charge in [-0.1, -0.05) is 42.8 Å². The van der Waals surface area contributed by atoms with Crippen LogP contribution >= 0.6 is 0 Å². The third-order valence-corrected chi connectivity index (χ3v) is 5.82. The summed E-state index contributed by atoms with van der Waals surface area (Å²) in [5.74, 6) is -0.129. The van der Waals surface area contributed by atoms with Crippen LogP contribution in [0.2, 0.25) is 0 Å². The first-order chi connectivity index (χ1) is 13.6. The van der Waals surface area contributed by atoms with Crippen LogP contribution in [0.25, 0.3) is 0 Å². The first-order valence-electron chi connectivity index (χ1n) is 10.6. The molecule has 1 amide bonds. The fraction of sp³-hybridized carbons (Fsp3) is 0.591. The fourth-order valence-electron chi connectivity index (χ4n) is 3.79. The zero-order chi connectivity index (χ0) is 19.9. The second-order valence-corrected chi connectivity index (χ2v) is 7.84. The van der Waals surface area contributed by atoms with E-state index in [0.717, 1.165) is 24.1 Å². The number of hydrogen-bond acceptors (Lipinski definition) is 4. The highest BCUT2D eigenvalue weighted by atomic mass is 16.2. The molecular weight excluding hydrogens is 350 g/mol. The molecule has 0 bridgehead atoms. The van der Waals surface area contributed by atoms with Gasteiger partial charge in [0.25, 0.3) is 5.91 Å². The maximum atomic E-state index is 12.5. The lowest BCUT2D eigenvalue weighted by atomic mass is 10.1. The van der Waals surface area contributed by atoms with Crippen molar-refractivity contribution in [3.63, 3.8) is 0 Å². The minimum Gasteiger partial charge on any atom is -0.351 e. The number of aromatic nitrogens is 3. The lowest BCUT2D eigenvalue weighted by molar-refractivity contribution is 0.0940. The van der Waals surface area contributed by atoms with Gasteiger partial charge in [0.1, 0.15) is 0 Å². The highest BCUT2D eigenvalue weighted by Crippen LogP contribution is 2.14. The SMILES string of the molecule is CCc1ccc(Cn2nnc(C(=O)NCCC(C)N3CCCCC3)c2C)cc1. The van der Waals surface area contributed by atoms with E-state index in [0.29, 0.717) is 24.8 Å². The average Bonchev–Trinajstić information content (AvgIpc) is 3.09. The standard InChI is InChI=1S/C22H33N5O/c1-4-19-8-10-20(11-9-19)16-27-18(3)21(24-25-27)22(28)23-13-12-17(2)26-14-6-5-7-15-26/h8-11,17H,4-7,12-16H2,1-3H3,(H,23,28). The molecule has 2 aromatic rings. The quantitative estimate of drug-likeness (QED) is 0.760. The van der Waals surface area contributed by atoms with Crippen LogP contribution in [0.3, 0.4) is 0 Å². The number of nitrogens with one attached hydrogen (secondary N) is 1. The monoisotopic (exact) mass is 383 g/mol. The number of amides is 1. The summed E-state index contributed by atoms with van der Waals surface area (Å²) in [5.41, 5.74) is 3.71. The summed E-state index contributed by atoms with van der Waals surface area (Å²) in [4.78, 5) is 15.1. The van der Waals surface area contributed by atoms with Crippen LogP contribution in [0.15, 0.2) is 24.3 Å². The van der Waals surface area contributed by atoms with Crippen molar-refractivity contribution >= 4 is 5.91 Å². The number of benzene rings is 1. The number of likely N-dealkylation sites (tertiary alicyclic amines) is 1. The van der Waals surface area contributed by atoms with Crippen molar-refractivity contribution in [2.45, 2.75) is 65.5 Å². The van der Waals surface area contributed by atoms with Crippen molar-refractivity contribution in [1.29, 1.82) is 0 Å². The molecule has 0 radical (unpaired) electrons. The van der Waals surface area contributed by atoms with E-state index in [9.17, 15) is 4.79 Å². The number of rotatable bonds is 8. The van der Waals surface area contributed by atoms with E-state index in [2.05, 4.69) is 58.6 Å². The molecule has 1 atom stereocenters. The van der Waals surface area contributed by atoms with E-state index in [1.807, 2.05) is 6.92 Å². The highest BCUT2D eigenvalue weighted by Gasteiger charge is 2.19. The number of hydrogen-bond donors (Lipinski definition) is 1.